The van der Waals surface area contributed by atoms with Gasteiger partial charge < -0.3 is 23.9 Å². The second kappa shape index (κ2) is 8.24. The van der Waals surface area contributed by atoms with Gasteiger partial charge in [-0.25, -0.2) is 0 Å². The molecule has 33 heavy (non-hydrogen) atoms. The SMILES string of the molecule is COc1cncc(C(Nc2cc3ccccc3o2)(c2ccc(C#N)cc2)C2(C)OCCO2)c1. The van der Waals surface area contributed by atoms with Crippen molar-refractivity contribution in [2.75, 3.05) is 25.6 Å². The highest BCUT2D eigenvalue weighted by atomic mass is 16.7. The Labute approximate surface area is 191 Å². The lowest BCUT2D eigenvalue weighted by atomic mass is 9.76. The average molecular weight is 441 g/mol. The number of methoxy groups -OCH3 is 1. The van der Waals surface area contributed by atoms with Crippen molar-refractivity contribution in [2.45, 2.75) is 18.2 Å². The molecule has 0 radical (unpaired) electrons. The zero-order valence-electron chi connectivity index (χ0n) is 18.4. The molecule has 3 heterocycles. The van der Waals surface area contributed by atoms with E-state index in [-0.39, 0.29) is 0 Å². The summed E-state index contributed by atoms with van der Waals surface area (Å²) in [6.07, 6.45) is 3.40. The fourth-order valence-corrected chi connectivity index (χ4v) is 4.44. The summed E-state index contributed by atoms with van der Waals surface area (Å²) in [6.45, 7) is 2.77. The average Bonchev–Trinajstić information content (AvgIpc) is 3.49. The summed E-state index contributed by atoms with van der Waals surface area (Å²) in [7, 11) is 1.60. The van der Waals surface area contributed by atoms with Gasteiger partial charge in [-0.2, -0.15) is 5.26 Å². The van der Waals surface area contributed by atoms with E-state index >= 15 is 0 Å². The van der Waals surface area contributed by atoms with E-state index in [9.17, 15) is 5.26 Å². The van der Waals surface area contributed by atoms with Crippen LogP contribution in [0.3, 0.4) is 0 Å². The molecule has 166 valence electrons. The zero-order valence-corrected chi connectivity index (χ0v) is 18.4. The van der Waals surface area contributed by atoms with Gasteiger partial charge in [-0.05, 0) is 36.8 Å². The van der Waals surface area contributed by atoms with Crippen LogP contribution in [0.5, 0.6) is 5.75 Å². The van der Waals surface area contributed by atoms with E-state index in [2.05, 4.69) is 16.4 Å². The van der Waals surface area contributed by atoms with Gasteiger partial charge in [0.1, 0.15) is 16.9 Å². The summed E-state index contributed by atoms with van der Waals surface area (Å²) in [6, 6.07) is 21.2. The molecule has 1 saturated heterocycles. The molecule has 0 saturated carbocycles. The molecular formula is C26H23N3O4. The summed E-state index contributed by atoms with van der Waals surface area (Å²) in [4.78, 5) is 4.41. The van der Waals surface area contributed by atoms with E-state index in [0.717, 1.165) is 22.1 Å². The van der Waals surface area contributed by atoms with Gasteiger partial charge in [0.25, 0.3) is 0 Å². The predicted molar refractivity (Wildman–Crippen MR) is 123 cm³/mol. The first-order valence-corrected chi connectivity index (χ1v) is 10.6. The van der Waals surface area contributed by atoms with Gasteiger partial charge in [0, 0.05) is 23.2 Å². The quantitative estimate of drug-likeness (QED) is 0.458. The number of para-hydroxylation sites is 1. The van der Waals surface area contributed by atoms with Crippen LogP contribution in [0.2, 0.25) is 0 Å². The van der Waals surface area contributed by atoms with Gasteiger partial charge in [0.05, 0.1) is 38.2 Å². The van der Waals surface area contributed by atoms with Gasteiger partial charge >= 0.3 is 0 Å². The summed E-state index contributed by atoms with van der Waals surface area (Å²) >= 11 is 0. The Morgan fingerprint density at radius 3 is 2.48 bits per heavy atom. The van der Waals surface area contributed by atoms with Crippen molar-refractivity contribution in [2.24, 2.45) is 0 Å². The lowest BCUT2D eigenvalue weighted by Gasteiger charge is -2.45. The minimum absolute atomic E-state index is 0.438. The highest BCUT2D eigenvalue weighted by Crippen LogP contribution is 2.48. The van der Waals surface area contributed by atoms with Crippen LogP contribution in [0.25, 0.3) is 11.0 Å². The second-order valence-corrected chi connectivity index (χ2v) is 7.97. The van der Waals surface area contributed by atoms with Gasteiger partial charge in [-0.3, -0.25) is 4.98 Å². The standard InChI is InChI=1S/C26H23N3O4/c1-25(31-11-12-32-25)26(20-9-7-18(15-27)8-10-20,21-14-22(30-2)17-28-16-21)29-24-13-19-5-3-4-6-23(19)33-24/h3-10,13-14,16-17,29H,11-12H2,1-2H3. The van der Waals surface area contributed by atoms with Crippen molar-refractivity contribution in [3.63, 3.8) is 0 Å². The van der Waals surface area contributed by atoms with Crippen molar-refractivity contribution in [1.82, 2.24) is 4.98 Å². The Morgan fingerprint density at radius 1 is 1.03 bits per heavy atom. The molecule has 0 bridgehead atoms. The van der Waals surface area contributed by atoms with Crippen LogP contribution >= 0.6 is 0 Å². The van der Waals surface area contributed by atoms with Crippen molar-refractivity contribution in [3.05, 3.63) is 89.7 Å². The van der Waals surface area contributed by atoms with Crippen molar-refractivity contribution in [3.8, 4) is 11.8 Å². The van der Waals surface area contributed by atoms with E-state index in [4.69, 9.17) is 18.6 Å². The molecule has 1 aliphatic rings. The monoisotopic (exact) mass is 441 g/mol. The number of benzene rings is 2. The van der Waals surface area contributed by atoms with E-state index in [1.165, 1.54) is 0 Å². The fourth-order valence-electron chi connectivity index (χ4n) is 4.44. The maximum absolute atomic E-state index is 9.34. The van der Waals surface area contributed by atoms with Crippen molar-refractivity contribution in [1.29, 1.82) is 5.26 Å². The van der Waals surface area contributed by atoms with Gasteiger partial charge in [0.15, 0.2) is 11.7 Å². The molecule has 0 aliphatic carbocycles. The summed E-state index contributed by atoms with van der Waals surface area (Å²) in [5, 5.41) is 13.9. The van der Waals surface area contributed by atoms with E-state index in [0.29, 0.717) is 30.4 Å². The van der Waals surface area contributed by atoms with Crippen LogP contribution in [0.15, 0.2) is 77.5 Å². The molecular weight excluding hydrogens is 418 g/mol. The molecule has 7 heteroatoms. The Hall–Kier alpha value is -3.86. The number of aromatic nitrogens is 1. The number of hydrogen-bond donors (Lipinski definition) is 1. The smallest absolute Gasteiger partial charge is 0.197 e. The van der Waals surface area contributed by atoms with E-state index < -0.39 is 11.3 Å². The predicted octanol–water partition coefficient (Wildman–Crippen LogP) is 4.83. The molecule has 5 rings (SSSR count). The largest absolute Gasteiger partial charge is 0.495 e. The van der Waals surface area contributed by atoms with Crippen LogP contribution in [-0.4, -0.2) is 31.1 Å². The minimum atomic E-state index is -1.12. The molecule has 1 atom stereocenters. The third kappa shape index (κ3) is 3.50. The molecule has 0 amide bonds. The Kier molecular flexibility index (Phi) is 5.25. The highest BCUT2D eigenvalue weighted by Gasteiger charge is 2.56. The number of nitrogens with one attached hydrogen (secondary N) is 1. The maximum atomic E-state index is 9.34. The number of nitriles is 1. The summed E-state index contributed by atoms with van der Waals surface area (Å²) < 4.78 is 24.1. The molecule has 2 aromatic heterocycles. The lowest BCUT2D eigenvalue weighted by molar-refractivity contribution is -0.178. The zero-order chi connectivity index (χ0) is 22.9. The van der Waals surface area contributed by atoms with Crippen LogP contribution in [-0.2, 0) is 15.0 Å². The highest BCUT2D eigenvalue weighted by molar-refractivity contribution is 5.81. The second-order valence-electron chi connectivity index (χ2n) is 7.97. The number of rotatable bonds is 6. The summed E-state index contributed by atoms with van der Waals surface area (Å²) in [5.41, 5.74) is 1.82. The third-order valence-electron chi connectivity index (χ3n) is 6.08. The third-order valence-corrected chi connectivity index (χ3v) is 6.08. The van der Waals surface area contributed by atoms with Crippen LogP contribution < -0.4 is 10.1 Å². The van der Waals surface area contributed by atoms with Crippen LogP contribution in [0.1, 0.15) is 23.6 Å². The first-order valence-electron chi connectivity index (χ1n) is 10.6. The Morgan fingerprint density at radius 2 is 1.79 bits per heavy atom. The van der Waals surface area contributed by atoms with Crippen LogP contribution in [0, 0.1) is 11.3 Å². The van der Waals surface area contributed by atoms with Crippen molar-refractivity contribution < 1.29 is 18.6 Å². The first kappa shape index (κ1) is 21.0. The lowest BCUT2D eigenvalue weighted by Crippen LogP contribution is -2.56. The maximum Gasteiger partial charge on any atom is 0.197 e. The van der Waals surface area contributed by atoms with E-state index in [1.54, 1.807) is 31.6 Å². The molecule has 2 aromatic carbocycles. The Bertz CT molecular complexity index is 1290. The molecule has 1 N–H and O–H groups in total. The topological polar surface area (TPSA) is 89.5 Å². The molecule has 7 nitrogen and oxygen atoms in total. The Balaban J connectivity index is 1.77. The van der Waals surface area contributed by atoms with Crippen molar-refractivity contribution >= 4 is 16.9 Å². The van der Waals surface area contributed by atoms with Gasteiger partial charge in [0.2, 0.25) is 0 Å². The first-order chi connectivity index (χ1) is 16.1. The molecule has 1 aliphatic heterocycles. The number of anilines is 1. The number of furan rings is 1. The normalized spacial score (nSPS) is 16.8. The molecule has 0 spiro atoms. The van der Waals surface area contributed by atoms with E-state index in [1.807, 2.05) is 55.5 Å². The number of hydrogen-bond acceptors (Lipinski definition) is 7. The molecule has 1 fully saturated rings. The molecule has 4 aromatic rings. The van der Waals surface area contributed by atoms with Gasteiger partial charge in [-0.1, -0.05) is 30.3 Å². The number of ether oxygens (including phenoxy) is 3. The minimum Gasteiger partial charge on any atom is -0.495 e. The molecule has 1 unspecified atom stereocenters. The van der Waals surface area contributed by atoms with Gasteiger partial charge in [-0.15, -0.1) is 0 Å². The number of nitrogens with zero attached hydrogens (tertiary/aromatic N) is 2. The number of fused-ring (bicyclic) bond motifs is 1. The fraction of sp³-hybridized carbons (Fsp3) is 0.231. The number of pyridine rings is 1. The van der Waals surface area contributed by atoms with Crippen LogP contribution in [0.4, 0.5) is 5.88 Å². The summed E-state index contributed by atoms with van der Waals surface area (Å²) in [5.74, 6) is 0.0241.